The maximum Gasteiger partial charge on any atom is 0.330 e. The lowest BCUT2D eigenvalue weighted by Crippen LogP contribution is -2.48. The van der Waals surface area contributed by atoms with Crippen molar-refractivity contribution in [1.29, 1.82) is 0 Å². The first-order valence-corrected chi connectivity index (χ1v) is 13.1. The third kappa shape index (κ3) is 6.59. The number of rotatable bonds is 8. The zero-order valence-corrected chi connectivity index (χ0v) is 19.9. The minimum atomic E-state index is -3.34. The summed E-state index contributed by atoms with van der Waals surface area (Å²) in [7, 11) is -6.69. The molecule has 2 aromatic rings. The largest absolute Gasteiger partial charge is 0.480 e. The SMILES string of the molecule is CS(=O)(=O)c1ccc(C(N)(CO)C(=O)O)cc1.CS(=O)(=O)c1ccc(C(N)(CO)C(=O)O)cc1. The Morgan fingerprint density at radius 1 is 0.676 bits per heavy atom. The quantitative estimate of drug-likeness (QED) is 0.238. The molecule has 0 heterocycles. The monoisotopic (exact) mass is 518 g/mol. The number of sulfone groups is 2. The number of aliphatic hydroxyl groups is 2. The van der Waals surface area contributed by atoms with Crippen LogP contribution in [-0.2, 0) is 40.3 Å². The molecule has 2 aromatic carbocycles. The Balaban J connectivity index is 0.000000340. The number of hydrogen-bond acceptors (Lipinski definition) is 10. The van der Waals surface area contributed by atoms with Crippen LogP contribution in [0.4, 0.5) is 0 Å². The highest BCUT2D eigenvalue weighted by molar-refractivity contribution is 7.91. The Hall–Kier alpha value is -2.88. The first kappa shape index (κ1) is 29.2. The summed E-state index contributed by atoms with van der Waals surface area (Å²) in [6.07, 6.45) is 2.09. The number of aliphatic hydroxyl groups excluding tert-OH is 2. The molecule has 14 heteroatoms. The molecule has 0 aliphatic rings. The molecule has 188 valence electrons. The van der Waals surface area contributed by atoms with E-state index in [2.05, 4.69) is 0 Å². The van der Waals surface area contributed by atoms with Gasteiger partial charge in [0, 0.05) is 12.5 Å². The third-order valence-corrected chi connectivity index (χ3v) is 7.11. The fourth-order valence-corrected chi connectivity index (χ4v) is 3.82. The normalized spacial score (nSPS) is 15.2. The minimum absolute atomic E-state index is 0.0620. The van der Waals surface area contributed by atoms with Crippen molar-refractivity contribution in [2.45, 2.75) is 20.9 Å². The van der Waals surface area contributed by atoms with Gasteiger partial charge in [-0.05, 0) is 35.4 Å². The minimum Gasteiger partial charge on any atom is -0.480 e. The van der Waals surface area contributed by atoms with Crippen LogP contribution in [0.3, 0.4) is 0 Å². The van der Waals surface area contributed by atoms with Gasteiger partial charge in [-0.1, -0.05) is 24.3 Å². The zero-order valence-electron chi connectivity index (χ0n) is 18.2. The van der Waals surface area contributed by atoms with Crippen LogP contribution in [0.1, 0.15) is 11.1 Å². The lowest BCUT2D eigenvalue weighted by Gasteiger charge is -2.22. The van der Waals surface area contributed by atoms with Gasteiger partial charge in [0.1, 0.15) is 0 Å². The number of carboxylic acids is 2. The zero-order chi connectivity index (χ0) is 26.5. The van der Waals surface area contributed by atoms with Crippen molar-refractivity contribution in [1.82, 2.24) is 0 Å². The number of carboxylic acid groups (broad SMARTS) is 2. The van der Waals surface area contributed by atoms with Crippen molar-refractivity contribution >= 4 is 31.6 Å². The van der Waals surface area contributed by atoms with Crippen LogP contribution in [0.5, 0.6) is 0 Å². The van der Waals surface area contributed by atoms with Crippen molar-refractivity contribution in [2.75, 3.05) is 25.7 Å². The van der Waals surface area contributed by atoms with Crippen molar-refractivity contribution in [2.24, 2.45) is 11.5 Å². The fourth-order valence-electron chi connectivity index (χ4n) is 2.56. The van der Waals surface area contributed by atoms with Crippen LogP contribution in [-0.4, -0.2) is 74.9 Å². The van der Waals surface area contributed by atoms with E-state index in [4.69, 9.17) is 31.9 Å². The Kier molecular flexibility index (Phi) is 9.08. The van der Waals surface area contributed by atoms with Crippen LogP contribution >= 0.6 is 0 Å². The van der Waals surface area contributed by atoms with Gasteiger partial charge >= 0.3 is 11.9 Å². The van der Waals surface area contributed by atoms with Gasteiger partial charge in [-0.15, -0.1) is 0 Å². The molecule has 0 aromatic heterocycles. The Bertz CT molecular complexity index is 1140. The van der Waals surface area contributed by atoms with Crippen molar-refractivity contribution in [3.63, 3.8) is 0 Å². The van der Waals surface area contributed by atoms with Crippen LogP contribution in [0.2, 0.25) is 0 Å². The lowest BCUT2D eigenvalue weighted by atomic mass is 9.92. The summed E-state index contributed by atoms with van der Waals surface area (Å²) in [4.78, 5) is 22.0. The van der Waals surface area contributed by atoms with Crippen LogP contribution in [0.15, 0.2) is 58.3 Å². The highest BCUT2D eigenvalue weighted by Gasteiger charge is 2.36. The molecule has 12 nitrogen and oxygen atoms in total. The Morgan fingerprint density at radius 2 is 0.912 bits per heavy atom. The van der Waals surface area contributed by atoms with Crippen LogP contribution in [0, 0.1) is 0 Å². The molecule has 0 fully saturated rings. The summed E-state index contributed by atoms with van der Waals surface area (Å²) in [5.74, 6) is -2.76. The molecule has 0 radical (unpaired) electrons. The number of hydrogen-bond donors (Lipinski definition) is 6. The first-order valence-electron chi connectivity index (χ1n) is 9.31. The van der Waals surface area contributed by atoms with E-state index in [1.54, 1.807) is 0 Å². The molecule has 0 bridgehead atoms. The second-order valence-corrected chi connectivity index (χ2v) is 11.5. The summed E-state index contributed by atoms with van der Waals surface area (Å²) in [5.41, 5.74) is 7.48. The summed E-state index contributed by atoms with van der Waals surface area (Å²) >= 11 is 0. The maximum absolute atomic E-state index is 11.2. The molecule has 8 N–H and O–H groups in total. The summed E-state index contributed by atoms with van der Waals surface area (Å²) in [6.45, 7) is -1.55. The second kappa shape index (κ2) is 10.6. The Morgan fingerprint density at radius 3 is 1.06 bits per heavy atom. The molecular weight excluding hydrogens is 492 g/mol. The van der Waals surface area contributed by atoms with E-state index < -0.39 is 55.9 Å². The smallest absolute Gasteiger partial charge is 0.330 e. The second-order valence-electron chi connectivity index (χ2n) is 7.46. The van der Waals surface area contributed by atoms with E-state index in [0.29, 0.717) is 0 Å². The maximum atomic E-state index is 11.2. The predicted molar refractivity (Wildman–Crippen MR) is 120 cm³/mol. The van der Waals surface area contributed by atoms with Gasteiger partial charge in [0.2, 0.25) is 0 Å². The Labute approximate surface area is 196 Å². The molecular formula is C20H26N2O10S2. The van der Waals surface area contributed by atoms with E-state index in [1.165, 1.54) is 48.5 Å². The highest BCUT2D eigenvalue weighted by atomic mass is 32.2. The van der Waals surface area contributed by atoms with E-state index in [0.717, 1.165) is 12.5 Å². The molecule has 0 spiro atoms. The lowest BCUT2D eigenvalue weighted by molar-refractivity contribution is -0.146. The van der Waals surface area contributed by atoms with Gasteiger partial charge in [0.05, 0.1) is 23.0 Å². The topological polar surface area (TPSA) is 235 Å². The number of benzene rings is 2. The molecule has 34 heavy (non-hydrogen) atoms. The molecule has 0 amide bonds. The van der Waals surface area contributed by atoms with E-state index in [1.807, 2.05) is 0 Å². The van der Waals surface area contributed by atoms with E-state index >= 15 is 0 Å². The summed E-state index contributed by atoms with van der Waals surface area (Å²) < 4.78 is 44.8. The first-order chi connectivity index (χ1) is 15.4. The summed E-state index contributed by atoms with van der Waals surface area (Å²) in [6, 6.07) is 10.1. The number of aliphatic carboxylic acids is 2. The average Bonchev–Trinajstić information content (AvgIpc) is 2.77. The average molecular weight is 519 g/mol. The van der Waals surface area contributed by atoms with Crippen molar-refractivity contribution in [3.05, 3.63) is 59.7 Å². The molecule has 2 rings (SSSR count). The standard InChI is InChI=1S/2C10H13NO5S/c2*1-17(15,16)8-4-2-7(3-5-8)10(11,6-12)9(13)14/h2*2-5,12H,6,11H2,1H3,(H,13,14). The van der Waals surface area contributed by atoms with E-state index in [-0.39, 0.29) is 20.9 Å². The van der Waals surface area contributed by atoms with Crippen molar-refractivity contribution in [3.8, 4) is 0 Å². The molecule has 0 aliphatic heterocycles. The summed E-state index contributed by atoms with van der Waals surface area (Å²) in [5, 5.41) is 35.9. The molecule has 0 aliphatic carbocycles. The number of nitrogens with two attached hydrogens (primary N) is 2. The van der Waals surface area contributed by atoms with Crippen LogP contribution < -0.4 is 11.5 Å². The fraction of sp³-hybridized carbons (Fsp3) is 0.300. The van der Waals surface area contributed by atoms with Gasteiger partial charge in [0.15, 0.2) is 30.8 Å². The van der Waals surface area contributed by atoms with Crippen LogP contribution in [0.25, 0.3) is 0 Å². The highest BCUT2D eigenvalue weighted by Crippen LogP contribution is 2.21. The van der Waals surface area contributed by atoms with Gasteiger partial charge in [-0.2, -0.15) is 0 Å². The predicted octanol–water partition coefficient (Wildman–Crippen LogP) is -1.36. The van der Waals surface area contributed by atoms with Gasteiger partial charge in [-0.3, -0.25) is 0 Å². The number of carbonyl (C=O) groups is 2. The van der Waals surface area contributed by atoms with E-state index in [9.17, 15) is 26.4 Å². The van der Waals surface area contributed by atoms with Gasteiger partial charge in [0.25, 0.3) is 0 Å². The molecule has 0 saturated heterocycles. The molecule has 2 unspecified atom stereocenters. The van der Waals surface area contributed by atoms with Crippen molar-refractivity contribution < 1.29 is 46.9 Å². The molecule has 0 saturated carbocycles. The molecule has 2 atom stereocenters. The van der Waals surface area contributed by atoms with Gasteiger partial charge in [-0.25, -0.2) is 26.4 Å². The third-order valence-electron chi connectivity index (χ3n) is 4.86. The van der Waals surface area contributed by atoms with Gasteiger partial charge < -0.3 is 31.9 Å².